The minimum Gasteiger partial charge on any atom is -0.445 e. The highest BCUT2D eigenvalue weighted by atomic mass is 35.5. The number of ether oxygens (including phenoxy) is 1. The highest BCUT2D eigenvalue weighted by Gasteiger charge is 2.33. The minimum atomic E-state index is -3.92. The summed E-state index contributed by atoms with van der Waals surface area (Å²) in [6, 6.07) is 18.2. The number of nitrogens with one attached hydrogen (secondary N) is 1. The lowest BCUT2D eigenvalue weighted by atomic mass is 10.0. The van der Waals surface area contributed by atoms with Crippen LogP contribution in [0, 0.1) is 5.92 Å². The number of aliphatic hydroxyl groups is 1. The SMILES string of the molecule is O=C(N[C@@H](Cc1ccccc1)[C@H](O)CN(CC1CCCC1)S(=O)(=O)c1ccc(Cl)cc1)OCc1cccnc1. The number of pyridine rings is 1. The molecule has 1 aliphatic carbocycles. The number of aliphatic hydroxyl groups excluding tert-OH is 1. The number of alkyl carbamates (subject to hydrolysis) is 1. The number of hydrogen-bond acceptors (Lipinski definition) is 6. The molecule has 0 unspecified atom stereocenters. The Bertz CT molecular complexity index is 1290. The molecule has 1 saturated carbocycles. The predicted octanol–water partition coefficient (Wildman–Crippen LogP) is 4.81. The number of amides is 1. The largest absolute Gasteiger partial charge is 0.445 e. The van der Waals surface area contributed by atoms with E-state index in [-0.39, 0.29) is 24.0 Å². The molecule has 208 valence electrons. The van der Waals surface area contributed by atoms with Crippen molar-refractivity contribution in [3.63, 3.8) is 0 Å². The number of carbonyl (C=O) groups excluding carboxylic acids is 1. The fraction of sp³-hybridized carbons (Fsp3) is 0.379. The zero-order valence-electron chi connectivity index (χ0n) is 21.7. The molecule has 1 heterocycles. The average Bonchev–Trinajstić information content (AvgIpc) is 3.46. The summed E-state index contributed by atoms with van der Waals surface area (Å²) in [7, 11) is -3.92. The Kier molecular flexibility index (Phi) is 10.3. The summed E-state index contributed by atoms with van der Waals surface area (Å²) in [5.74, 6) is 0.212. The average molecular weight is 572 g/mol. The smallest absolute Gasteiger partial charge is 0.407 e. The molecule has 1 fully saturated rings. The van der Waals surface area contributed by atoms with Gasteiger partial charge in [-0.25, -0.2) is 13.2 Å². The van der Waals surface area contributed by atoms with Gasteiger partial charge in [0.15, 0.2) is 0 Å². The van der Waals surface area contributed by atoms with Gasteiger partial charge in [-0.2, -0.15) is 4.31 Å². The lowest BCUT2D eigenvalue weighted by Gasteiger charge is -2.31. The molecule has 4 rings (SSSR count). The summed E-state index contributed by atoms with van der Waals surface area (Å²) < 4.78 is 34.1. The van der Waals surface area contributed by atoms with Gasteiger partial charge < -0.3 is 15.2 Å². The first-order valence-corrected chi connectivity index (χ1v) is 14.9. The van der Waals surface area contributed by atoms with Crippen molar-refractivity contribution in [2.24, 2.45) is 5.92 Å². The number of carbonyl (C=O) groups is 1. The highest BCUT2D eigenvalue weighted by Crippen LogP contribution is 2.28. The molecular formula is C29H34ClN3O5S. The second kappa shape index (κ2) is 13.9. The first-order chi connectivity index (χ1) is 18.8. The van der Waals surface area contributed by atoms with E-state index in [4.69, 9.17) is 16.3 Å². The van der Waals surface area contributed by atoms with Crippen molar-refractivity contribution in [1.29, 1.82) is 0 Å². The van der Waals surface area contributed by atoms with E-state index in [0.29, 0.717) is 18.0 Å². The molecule has 0 radical (unpaired) electrons. The van der Waals surface area contributed by atoms with E-state index in [1.807, 2.05) is 30.3 Å². The van der Waals surface area contributed by atoms with Gasteiger partial charge in [-0.15, -0.1) is 0 Å². The number of nitrogens with zero attached hydrogens (tertiary/aromatic N) is 2. The number of halogens is 1. The third-order valence-corrected chi connectivity index (χ3v) is 9.04. The Morgan fingerprint density at radius 1 is 1.05 bits per heavy atom. The van der Waals surface area contributed by atoms with Gasteiger partial charge in [0, 0.05) is 36.1 Å². The van der Waals surface area contributed by atoms with Crippen LogP contribution < -0.4 is 5.32 Å². The molecule has 39 heavy (non-hydrogen) atoms. The van der Waals surface area contributed by atoms with Gasteiger partial charge >= 0.3 is 6.09 Å². The summed E-state index contributed by atoms with van der Waals surface area (Å²) in [6.07, 6.45) is 5.62. The number of benzene rings is 2. The van der Waals surface area contributed by atoms with E-state index in [1.54, 1.807) is 24.5 Å². The van der Waals surface area contributed by atoms with Crippen LogP contribution in [0.5, 0.6) is 0 Å². The predicted molar refractivity (Wildman–Crippen MR) is 150 cm³/mol. The van der Waals surface area contributed by atoms with E-state index >= 15 is 0 Å². The molecule has 2 aromatic carbocycles. The Labute approximate surface area is 235 Å². The second-order valence-corrected chi connectivity index (χ2v) is 12.2. The number of aromatic nitrogens is 1. The molecule has 0 saturated heterocycles. The molecule has 2 N–H and O–H groups in total. The standard InChI is InChI=1S/C29H34ClN3O5S/c30-25-12-14-26(15-13-25)39(36,37)33(19-23-9-4-5-10-23)20-28(34)27(17-22-7-2-1-3-8-22)32-29(35)38-21-24-11-6-16-31-18-24/h1-3,6-8,11-16,18,23,27-28,34H,4-5,9-10,17,19-21H2,(H,32,35)/t27-,28+/m0/s1. The van der Waals surface area contributed by atoms with Crippen molar-refractivity contribution in [2.75, 3.05) is 13.1 Å². The zero-order valence-corrected chi connectivity index (χ0v) is 23.2. The molecular weight excluding hydrogens is 538 g/mol. The van der Waals surface area contributed by atoms with Gasteiger partial charge in [0.25, 0.3) is 0 Å². The maximum atomic E-state index is 13.7. The van der Waals surface area contributed by atoms with E-state index in [9.17, 15) is 18.3 Å². The molecule has 2 atom stereocenters. The van der Waals surface area contributed by atoms with E-state index in [1.165, 1.54) is 28.6 Å². The normalized spacial score (nSPS) is 15.7. The summed E-state index contributed by atoms with van der Waals surface area (Å²) in [5.41, 5.74) is 1.61. The lowest BCUT2D eigenvalue weighted by molar-refractivity contribution is 0.0866. The summed E-state index contributed by atoms with van der Waals surface area (Å²) in [6.45, 7) is 0.139. The molecule has 8 nitrogen and oxygen atoms in total. The molecule has 0 aliphatic heterocycles. The van der Waals surface area contributed by atoms with E-state index in [0.717, 1.165) is 36.8 Å². The van der Waals surface area contributed by atoms with Crippen molar-refractivity contribution in [3.8, 4) is 0 Å². The maximum absolute atomic E-state index is 13.7. The van der Waals surface area contributed by atoms with Crippen LogP contribution in [0.1, 0.15) is 36.8 Å². The van der Waals surface area contributed by atoms with Crippen LogP contribution in [0.4, 0.5) is 4.79 Å². The molecule has 1 aromatic heterocycles. The topological polar surface area (TPSA) is 109 Å². The maximum Gasteiger partial charge on any atom is 0.407 e. The third kappa shape index (κ3) is 8.50. The Morgan fingerprint density at radius 2 is 1.74 bits per heavy atom. The highest BCUT2D eigenvalue weighted by molar-refractivity contribution is 7.89. The van der Waals surface area contributed by atoms with Gasteiger partial charge in [0.1, 0.15) is 6.61 Å². The van der Waals surface area contributed by atoms with Crippen LogP contribution in [0.15, 0.2) is 84.0 Å². The van der Waals surface area contributed by atoms with Crippen molar-refractivity contribution in [2.45, 2.75) is 55.8 Å². The molecule has 0 spiro atoms. The number of sulfonamides is 1. The van der Waals surface area contributed by atoms with Crippen molar-refractivity contribution in [3.05, 3.63) is 95.3 Å². The van der Waals surface area contributed by atoms with Crippen LogP contribution >= 0.6 is 11.6 Å². The fourth-order valence-corrected chi connectivity index (χ4v) is 6.48. The van der Waals surface area contributed by atoms with Gasteiger partial charge in [-0.1, -0.05) is 60.8 Å². The quantitative estimate of drug-likeness (QED) is 0.323. The summed E-state index contributed by atoms with van der Waals surface area (Å²) in [5, 5.41) is 14.6. The molecule has 1 aliphatic rings. The second-order valence-electron chi connectivity index (χ2n) is 9.87. The van der Waals surface area contributed by atoms with Gasteiger partial charge in [0.2, 0.25) is 10.0 Å². The summed E-state index contributed by atoms with van der Waals surface area (Å²) >= 11 is 5.99. The molecule has 0 bridgehead atoms. The molecule has 1 amide bonds. The van der Waals surface area contributed by atoms with Crippen LogP contribution in [0.3, 0.4) is 0 Å². The van der Waals surface area contributed by atoms with E-state index < -0.39 is 28.3 Å². The van der Waals surface area contributed by atoms with Crippen LogP contribution in [0.2, 0.25) is 5.02 Å². The van der Waals surface area contributed by atoms with Crippen molar-refractivity contribution < 1.29 is 23.1 Å². The number of hydrogen-bond donors (Lipinski definition) is 2. The van der Waals surface area contributed by atoms with Crippen molar-refractivity contribution in [1.82, 2.24) is 14.6 Å². The summed E-state index contributed by atoms with van der Waals surface area (Å²) in [4.78, 5) is 16.9. The Hall–Kier alpha value is -2.98. The Morgan fingerprint density at radius 3 is 2.41 bits per heavy atom. The molecule has 3 aromatic rings. The minimum absolute atomic E-state index is 0.0204. The van der Waals surface area contributed by atoms with Gasteiger partial charge in [-0.3, -0.25) is 4.98 Å². The molecule has 10 heteroatoms. The van der Waals surface area contributed by atoms with Gasteiger partial charge in [0.05, 0.1) is 17.0 Å². The fourth-order valence-electron chi connectivity index (χ4n) is 4.82. The van der Waals surface area contributed by atoms with Crippen molar-refractivity contribution >= 4 is 27.7 Å². The van der Waals surface area contributed by atoms with E-state index in [2.05, 4.69) is 10.3 Å². The Balaban J connectivity index is 1.52. The zero-order chi connectivity index (χ0) is 27.7. The lowest BCUT2D eigenvalue weighted by Crippen LogP contribution is -2.51. The third-order valence-electron chi connectivity index (χ3n) is 6.94. The van der Waals surface area contributed by atoms with Gasteiger partial charge in [-0.05, 0) is 61.1 Å². The van der Waals surface area contributed by atoms with Crippen LogP contribution in [0.25, 0.3) is 0 Å². The number of rotatable bonds is 12. The monoisotopic (exact) mass is 571 g/mol. The first-order valence-electron chi connectivity index (χ1n) is 13.1. The first kappa shape index (κ1) is 29.0. The van der Waals surface area contributed by atoms with Crippen LogP contribution in [-0.2, 0) is 27.8 Å². The van der Waals surface area contributed by atoms with Crippen LogP contribution in [-0.4, -0.2) is 54.1 Å².